The van der Waals surface area contributed by atoms with Crippen molar-refractivity contribution in [3.05, 3.63) is 52.3 Å². The molecule has 1 amide bonds. The molecule has 4 rings (SSSR count). The fourth-order valence-electron chi connectivity index (χ4n) is 3.69. The van der Waals surface area contributed by atoms with Crippen LogP contribution in [0.1, 0.15) is 25.7 Å². The number of carbonyl (C=O) groups excluding carboxylic acids is 1. The van der Waals surface area contributed by atoms with E-state index in [1.165, 1.54) is 6.07 Å². The molecule has 156 valence electrons. The van der Waals surface area contributed by atoms with Crippen molar-refractivity contribution in [2.24, 2.45) is 5.92 Å². The second kappa shape index (κ2) is 8.66. The summed E-state index contributed by atoms with van der Waals surface area (Å²) in [5.41, 5.74) is 1.71. The van der Waals surface area contributed by atoms with E-state index in [0.29, 0.717) is 27.9 Å². The van der Waals surface area contributed by atoms with Crippen LogP contribution in [0.2, 0.25) is 5.02 Å². The van der Waals surface area contributed by atoms with Gasteiger partial charge in [-0.3, -0.25) is 9.59 Å². The van der Waals surface area contributed by atoms with Gasteiger partial charge >= 0.3 is 0 Å². The number of hydrogen-bond acceptors (Lipinski definition) is 6. The molecule has 0 atom stereocenters. The summed E-state index contributed by atoms with van der Waals surface area (Å²) in [4.78, 5) is 34.8. The molecule has 3 heterocycles. The van der Waals surface area contributed by atoms with Gasteiger partial charge in [0, 0.05) is 43.0 Å². The van der Waals surface area contributed by atoms with E-state index >= 15 is 0 Å². The Balaban J connectivity index is 1.49. The fraction of sp³-hybridized carbons (Fsp3) is 0.350. The Morgan fingerprint density at radius 2 is 2.07 bits per heavy atom. The van der Waals surface area contributed by atoms with Crippen LogP contribution in [0.5, 0.6) is 0 Å². The average Bonchev–Trinajstić information content (AvgIpc) is 3.25. The van der Waals surface area contributed by atoms with E-state index in [4.69, 9.17) is 11.6 Å². The third-order valence-corrected chi connectivity index (χ3v) is 5.58. The monoisotopic (exact) mass is 427 g/mol. The Labute approximate surface area is 177 Å². The van der Waals surface area contributed by atoms with Crippen molar-refractivity contribution < 1.29 is 4.79 Å². The smallest absolute Gasteiger partial charge is 0.250 e. The number of aromatic nitrogens is 5. The minimum absolute atomic E-state index is 0.0748. The van der Waals surface area contributed by atoms with Crippen molar-refractivity contribution in [3.8, 4) is 16.9 Å². The largest absolute Gasteiger partial charge is 0.359 e. The Morgan fingerprint density at radius 1 is 1.27 bits per heavy atom. The molecule has 3 aromatic rings. The number of halogens is 1. The normalized spacial score (nSPS) is 18.7. The van der Waals surface area contributed by atoms with Crippen LogP contribution in [0.25, 0.3) is 16.9 Å². The van der Waals surface area contributed by atoms with Gasteiger partial charge in [-0.2, -0.15) is 5.10 Å². The van der Waals surface area contributed by atoms with Crippen molar-refractivity contribution >= 4 is 23.5 Å². The summed E-state index contributed by atoms with van der Waals surface area (Å²) in [6.45, 7) is 0. The van der Waals surface area contributed by atoms with E-state index in [1.54, 1.807) is 42.6 Å². The highest BCUT2D eigenvalue weighted by Crippen LogP contribution is 2.29. The zero-order chi connectivity index (χ0) is 21.1. The predicted octanol–water partition coefficient (Wildman–Crippen LogP) is 2.39. The highest BCUT2D eigenvalue weighted by molar-refractivity contribution is 6.32. The van der Waals surface area contributed by atoms with Crippen molar-refractivity contribution in [2.45, 2.75) is 31.7 Å². The van der Waals surface area contributed by atoms with Gasteiger partial charge in [-0.25, -0.2) is 14.6 Å². The maximum Gasteiger partial charge on any atom is 0.250 e. The molecular formula is C20H22ClN7O2. The summed E-state index contributed by atoms with van der Waals surface area (Å²) in [7, 11) is 1.67. The van der Waals surface area contributed by atoms with Gasteiger partial charge in [0.15, 0.2) is 0 Å². The number of hydrogen-bond donors (Lipinski definition) is 3. The lowest BCUT2D eigenvalue weighted by Crippen LogP contribution is -2.34. The third kappa shape index (κ3) is 4.35. The molecule has 10 heteroatoms. The van der Waals surface area contributed by atoms with Gasteiger partial charge in [0.2, 0.25) is 17.4 Å². The van der Waals surface area contributed by atoms with Crippen molar-refractivity contribution in [2.75, 3.05) is 12.4 Å². The highest BCUT2D eigenvalue weighted by Gasteiger charge is 2.26. The summed E-state index contributed by atoms with van der Waals surface area (Å²) in [6.07, 6.45) is 9.96. The van der Waals surface area contributed by atoms with Gasteiger partial charge in [-0.15, -0.1) is 0 Å². The van der Waals surface area contributed by atoms with Gasteiger partial charge in [-0.05, 0) is 31.7 Å². The minimum Gasteiger partial charge on any atom is -0.359 e. The number of pyridine rings is 1. The molecule has 9 nitrogen and oxygen atoms in total. The molecule has 1 saturated carbocycles. The number of amides is 1. The summed E-state index contributed by atoms with van der Waals surface area (Å²) in [5.74, 6) is 0.670. The molecule has 0 spiro atoms. The van der Waals surface area contributed by atoms with Crippen LogP contribution in [0, 0.1) is 5.92 Å². The van der Waals surface area contributed by atoms with Crippen molar-refractivity contribution in [1.82, 2.24) is 30.0 Å². The zero-order valence-electron chi connectivity index (χ0n) is 16.4. The molecular weight excluding hydrogens is 406 g/mol. The maximum absolute atomic E-state index is 11.8. The molecule has 1 fully saturated rings. The number of carbonyl (C=O) groups is 1. The number of nitrogens with one attached hydrogen (secondary N) is 3. The van der Waals surface area contributed by atoms with Crippen molar-refractivity contribution in [1.29, 1.82) is 0 Å². The van der Waals surface area contributed by atoms with Gasteiger partial charge in [0.1, 0.15) is 0 Å². The van der Waals surface area contributed by atoms with Crippen LogP contribution in [-0.4, -0.2) is 43.7 Å². The fourth-order valence-corrected chi connectivity index (χ4v) is 3.89. The Hall–Kier alpha value is -3.20. The third-order valence-electron chi connectivity index (χ3n) is 5.30. The first-order valence-corrected chi connectivity index (χ1v) is 10.2. The average molecular weight is 428 g/mol. The summed E-state index contributed by atoms with van der Waals surface area (Å²) >= 11 is 6.33. The van der Waals surface area contributed by atoms with Crippen LogP contribution in [0.4, 0.5) is 5.95 Å². The Morgan fingerprint density at radius 3 is 2.80 bits per heavy atom. The van der Waals surface area contributed by atoms with Gasteiger partial charge in [-0.1, -0.05) is 11.6 Å². The lowest BCUT2D eigenvalue weighted by molar-refractivity contribution is -0.125. The minimum atomic E-state index is -0.206. The van der Waals surface area contributed by atoms with Crippen LogP contribution < -0.4 is 16.2 Å². The molecule has 0 aromatic carbocycles. The molecule has 3 aromatic heterocycles. The van der Waals surface area contributed by atoms with Crippen LogP contribution in [-0.2, 0) is 4.79 Å². The molecule has 1 aliphatic carbocycles. The van der Waals surface area contributed by atoms with Crippen molar-refractivity contribution in [3.63, 3.8) is 0 Å². The number of H-pyrrole nitrogens is 1. The molecule has 0 unspecified atom stereocenters. The molecule has 0 bridgehead atoms. The lowest BCUT2D eigenvalue weighted by Gasteiger charge is -2.28. The highest BCUT2D eigenvalue weighted by atomic mass is 35.5. The van der Waals surface area contributed by atoms with Gasteiger partial charge in [0.05, 0.1) is 28.8 Å². The first-order chi connectivity index (χ1) is 14.5. The first-order valence-electron chi connectivity index (χ1n) is 9.78. The second-order valence-corrected chi connectivity index (χ2v) is 7.69. The van der Waals surface area contributed by atoms with E-state index in [9.17, 15) is 9.59 Å². The molecule has 0 saturated heterocycles. The van der Waals surface area contributed by atoms with E-state index < -0.39 is 0 Å². The Kier molecular flexibility index (Phi) is 5.80. The summed E-state index contributed by atoms with van der Waals surface area (Å²) in [6, 6.07) is 3.42. The lowest BCUT2D eigenvalue weighted by atomic mass is 9.85. The molecule has 30 heavy (non-hydrogen) atoms. The SMILES string of the molecule is CNC(=O)[C@H]1CC[C@H](Nc2ncc(Cl)c(-c3cnn(-c4cc[nH]c(=O)c4)c3)n2)CC1. The topological polar surface area (TPSA) is 118 Å². The molecule has 3 N–H and O–H groups in total. The van der Waals surface area contributed by atoms with E-state index in [1.807, 2.05) is 0 Å². The molecule has 0 radical (unpaired) electrons. The van der Waals surface area contributed by atoms with E-state index in [-0.39, 0.29) is 23.4 Å². The summed E-state index contributed by atoms with van der Waals surface area (Å²) < 4.78 is 1.59. The van der Waals surface area contributed by atoms with Crippen LogP contribution in [0.15, 0.2) is 41.7 Å². The van der Waals surface area contributed by atoms with Gasteiger partial charge in [0.25, 0.3) is 0 Å². The molecule has 1 aliphatic rings. The number of nitrogens with zero attached hydrogens (tertiary/aromatic N) is 4. The quantitative estimate of drug-likeness (QED) is 0.575. The second-order valence-electron chi connectivity index (χ2n) is 7.28. The van der Waals surface area contributed by atoms with E-state index in [0.717, 1.165) is 25.7 Å². The number of anilines is 1. The molecule has 0 aliphatic heterocycles. The Bertz CT molecular complexity index is 1100. The van der Waals surface area contributed by atoms with Crippen LogP contribution >= 0.6 is 11.6 Å². The predicted molar refractivity (Wildman–Crippen MR) is 114 cm³/mol. The zero-order valence-corrected chi connectivity index (χ0v) is 17.2. The summed E-state index contributed by atoms with van der Waals surface area (Å²) in [5, 5.41) is 10.8. The van der Waals surface area contributed by atoms with Crippen LogP contribution in [0.3, 0.4) is 0 Å². The maximum atomic E-state index is 11.8. The van der Waals surface area contributed by atoms with E-state index in [2.05, 4.69) is 30.7 Å². The van der Waals surface area contributed by atoms with Gasteiger partial charge < -0.3 is 15.6 Å². The standard InChI is InChI=1S/C20H22ClN7O2/c1-22-19(30)12-2-4-14(5-3-12)26-20-24-10-16(21)18(27-20)13-9-25-28(11-13)15-6-7-23-17(29)8-15/h6-12,14H,2-5H2,1H3,(H,22,30)(H,23,29)(H,24,26,27)/t12-,14-. The number of aromatic amines is 1. The first kappa shape index (κ1) is 20.1. The number of rotatable bonds is 5.